The number of rotatable bonds is 4. The molecule has 21 heavy (non-hydrogen) atoms. The standard InChI is InChI=1S/C15H12N2O4/c16-7-8-21-14-4-2-1-3-12(14)17-15(20)11-6-5-10(18)9-13(11)19/h1-6,9,18-19H,8H2,(H,17,20). The summed E-state index contributed by atoms with van der Waals surface area (Å²) in [5.74, 6) is -0.670. The highest BCUT2D eigenvalue weighted by Crippen LogP contribution is 2.27. The molecular formula is C15H12N2O4. The number of nitrogens with one attached hydrogen (secondary N) is 1. The Morgan fingerprint density at radius 1 is 1.24 bits per heavy atom. The lowest BCUT2D eigenvalue weighted by Crippen LogP contribution is -2.13. The number of phenolic OH excluding ortho intramolecular Hbond substituents is 2. The fraction of sp³-hybridized carbons (Fsp3) is 0.0667. The summed E-state index contributed by atoms with van der Waals surface area (Å²) < 4.78 is 5.19. The number of benzene rings is 2. The average molecular weight is 284 g/mol. The van der Waals surface area contributed by atoms with Crippen LogP contribution in [0.2, 0.25) is 0 Å². The highest BCUT2D eigenvalue weighted by molar-refractivity contribution is 6.06. The van der Waals surface area contributed by atoms with Crippen LogP contribution in [0.3, 0.4) is 0 Å². The lowest BCUT2D eigenvalue weighted by molar-refractivity contribution is 0.102. The Kier molecular flexibility index (Phi) is 4.26. The third-order valence-electron chi connectivity index (χ3n) is 2.65. The van der Waals surface area contributed by atoms with Gasteiger partial charge in [0, 0.05) is 6.07 Å². The average Bonchev–Trinajstić information content (AvgIpc) is 2.46. The molecule has 2 aromatic carbocycles. The van der Waals surface area contributed by atoms with Crippen molar-refractivity contribution in [2.45, 2.75) is 0 Å². The van der Waals surface area contributed by atoms with E-state index in [1.807, 2.05) is 6.07 Å². The minimum absolute atomic E-state index is 0.0166. The van der Waals surface area contributed by atoms with Crippen LogP contribution in [0.1, 0.15) is 10.4 Å². The second-order valence-electron chi connectivity index (χ2n) is 4.10. The van der Waals surface area contributed by atoms with Gasteiger partial charge in [-0.25, -0.2) is 0 Å². The van der Waals surface area contributed by atoms with E-state index in [0.29, 0.717) is 11.4 Å². The van der Waals surface area contributed by atoms with Crippen LogP contribution in [-0.4, -0.2) is 22.7 Å². The first-order valence-corrected chi connectivity index (χ1v) is 6.04. The number of carbonyl (C=O) groups is 1. The maximum absolute atomic E-state index is 12.1. The van der Waals surface area contributed by atoms with Gasteiger partial charge in [-0.1, -0.05) is 12.1 Å². The molecule has 0 saturated heterocycles. The normalized spacial score (nSPS) is 9.67. The Balaban J connectivity index is 2.22. The number of aromatic hydroxyl groups is 2. The van der Waals surface area contributed by atoms with E-state index in [2.05, 4.69) is 5.32 Å². The first-order valence-electron chi connectivity index (χ1n) is 6.04. The molecule has 0 aliphatic rings. The fourth-order valence-corrected chi connectivity index (χ4v) is 1.71. The van der Waals surface area contributed by atoms with E-state index >= 15 is 0 Å². The quantitative estimate of drug-likeness (QED) is 0.799. The van der Waals surface area contributed by atoms with Gasteiger partial charge in [0.05, 0.1) is 11.3 Å². The first-order chi connectivity index (χ1) is 10.1. The summed E-state index contributed by atoms with van der Waals surface area (Å²) in [4.78, 5) is 12.1. The van der Waals surface area contributed by atoms with Crippen molar-refractivity contribution in [3.05, 3.63) is 48.0 Å². The van der Waals surface area contributed by atoms with E-state index in [0.717, 1.165) is 6.07 Å². The molecule has 3 N–H and O–H groups in total. The van der Waals surface area contributed by atoms with Gasteiger partial charge in [0.15, 0.2) is 6.61 Å². The molecule has 0 spiro atoms. The predicted octanol–water partition coefficient (Wildman–Crippen LogP) is 2.25. The lowest BCUT2D eigenvalue weighted by atomic mass is 10.1. The minimum atomic E-state index is -0.555. The number of ether oxygens (including phenoxy) is 1. The van der Waals surface area contributed by atoms with Crippen molar-refractivity contribution in [1.82, 2.24) is 0 Å². The molecular weight excluding hydrogens is 272 g/mol. The first kappa shape index (κ1) is 14.2. The third-order valence-corrected chi connectivity index (χ3v) is 2.65. The number of hydrogen-bond acceptors (Lipinski definition) is 5. The second-order valence-corrected chi connectivity index (χ2v) is 4.10. The van der Waals surface area contributed by atoms with Crippen LogP contribution in [0.25, 0.3) is 0 Å². The number of nitrogens with zero attached hydrogens (tertiary/aromatic N) is 1. The van der Waals surface area contributed by atoms with Crippen LogP contribution in [0.15, 0.2) is 42.5 Å². The summed E-state index contributed by atoms with van der Waals surface area (Å²) in [6, 6.07) is 12.2. The second kappa shape index (κ2) is 6.30. The van der Waals surface area contributed by atoms with E-state index in [1.165, 1.54) is 12.1 Å². The van der Waals surface area contributed by atoms with E-state index in [-0.39, 0.29) is 23.7 Å². The van der Waals surface area contributed by atoms with E-state index in [4.69, 9.17) is 10.00 Å². The van der Waals surface area contributed by atoms with Gasteiger partial charge in [-0.3, -0.25) is 4.79 Å². The molecule has 2 aromatic rings. The number of nitriles is 1. The molecule has 2 rings (SSSR count). The Morgan fingerprint density at radius 2 is 2.00 bits per heavy atom. The van der Waals surface area contributed by atoms with E-state index < -0.39 is 5.91 Å². The SMILES string of the molecule is N#CCOc1ccccc1NC(=O)c1ccc(O)cc1O. The molecule has 0 unspecified atom stereocenters. The van der Waals surface area contributed by atoms with Crippen LogP contribution >= 0.6 is 0 Å². The summed E-state index contributed by atoms with van der Waals surface area (Å²) >= 11 is 0. The molecule has 6 nitrogen and oxygen atoms in total. The van der Waals surface area contributed by atoms with Crippen LogP contribution in [0, 0.1) is 11.3 Å². The molecule has 0 fully saturated rings. The van der Waals surface area contributed by atoms with E-state index in [1.54, 1.807) is 24.3 Å². The zero-order valence-corrected chi connectivity index (χ0v) is 10.9. The summed E-state index contributed by atoms with van der Waals surface area (Å²) in [6.07, 6.45) is 0. The van der Waals surface area contributed by atoms with Crippen molar-refractivity contribution in [3.63, 3.8) is 0 Å². The zero-order chi connectivity index (χ0) is 15.2. The van der Waals surface area contributed by atoms with Crippen molar-refractivity contribution in [2.75, 3.05) is 11.9 Å². The Morgan fingerprint density at radius 3 is 2.71 bits per heavy atom. The number of amides is 1. The van der Waals surface area contributed by atoms with Gasteiger partial charge in [0.1, 0.15) is 23.3 Å². The minimum Gasteiger partial charge on any atom is -0.508 e. The molecule has 0 bridgehead atoms. The van der Waals surface area contributed by atoms with Gasteiger partial charge < -0.3 is 20.3 Å². The van der Waals surface area contributed by atoms with Gasteiger partial charge in [-0.2, -0.15) is 5.26 Å². The van der Waals surface area contributed by atoms with Crippen molar-refractivity contribution in [1.29, 1.82) is 5.26 Å². The van der Waals surface area contributed by atoms with Crippen molar-refractivity contribution >= 4 is 11.6 Å². The van der Waals surface area contributed by atoms with Gasteiger partial charge in [-0.05, 0) is 24.3 Å². The third kappa shape index (κ3) is 3.42. The molecule has 1 amide bonds. The molecule has 6 heteroatoms. The number of carbonyl (C=O) groups excluding carboxylic acids is 1. The molecule has 0 radical (unpaired) electrons. The van der Waals surface area contributed by atoms with Crippen molar-refractivity contribution < 1.29 is 19.7 Å². The van der Waals surface area contributed by atoms with Crippen molar-refractivity contribution in [3.8, 4) is 23.3 Å². The summed E-state index contributed by atoms with van der Waals surface area (Å²) in [6.45, 7) is -0.142. The van der Waals surface area contributed by atoms with E-state index in [9.17, 15) is 15.0 Å². The lowest BCUT2D eigenvalue weighted by Gasteiger charge is -2.11. The van der Waals surface area contributed by atoms with Gasteiger partial charge in [0.25, 0.3) is 5.91 Å². The highest BCUT2D eigenvalue weighted by Gasteiger charge is 2.14. The molecule has 106 valence electrons. The van der Waals surface area contributed by atoms with Crippen LogP contribution < -0.4 is 10.1 Å². The highest BCUT2D eigenvalue weighted by atomic mass is 16.5. The summed E-state index contributed by atoms with van der Waals surface area (Å²) in [5, 5.41) is 30.0. The Bertz CT molecular complexity index is 707. The molecule has 0 heterocycles. The van der Waals surface area contributed by atoms with Gasteiger partial charge in [-0.15, -0.1) is 0 Å². The zero-order valence-electron chi connectivity index (χ0n) is 10.9. The summed E-state index contributed by atoms with van der Waals surface area (Å²) in [7, 11) is 0. The van der Waals surface area contributed by atoms with Crippen LogP contribution in [0.5, 0.6) is 17.2 Å². The monoisotopic (exact) mass is 284 g/mol. The molecule has 0 aliphatic heterocycles. The predicted molar refractivity (Wildman–Crippen MR) is 75.3 cm³/mol. The largest absolute Gasteiger partial charge is 0.508 e. The maximum atomic E-state index is 12.1. The van der Waals surface area contributed by atoms with Crippen molar-refractivity contribution in [2.24, 2.45) is 0 Å². The number of hydrogen-bond donors (Lipinski definition) is 3. The summed E-state index contributed by atoms with van der Waals surface area (Å²) in [5.41, 5.74) is 0.396. The van der Waals surface area contributed by atoms with Gasteiger partial charge in [0.2, 0.25) is 0 Å². The number of para-hydroxylation sites is 2. The maximum Gasteiger partial charge on any atom is 0.259 e. The number of phenols is 2. The Hall–Kier alpha value is -3.20. The Labute approximate surface area is 120 Å². The number of anilines is 1. The smallest absolute Gasteiger partial charge is 0.259 e. The molecule has 0 aliphatic carbocycles. The molecule has 0 aromatic heterocycles. The molecule has 0 saturated carbocycles. The van der Waals surface area contributed by atoms with Gasteiger partial charge >= 0.3 is 0 Å². The fourth-order valence-electron chi connectivity index (χ4n) is 1.71. The van der Waals surface area contributed by atoms with Crippen LogP contribution in [0.4, 0.5) is 5.69 Å². The topological polar surface area (TPSA) is 103 Å². The molecule has 0 atom stereocenters. The van der Waals surface area contributed by atoms with Crippen LogP contribution in [-0.2, 0) is 0 Å².